The van der Waals surface area contributed by atoms with Gasteiger partial charge in [-0.2, -0.15) is 8.78 Å². The minimum atomic E-state index is -5.87. The summed E-state index contributed by atoms with van der Waals surface area (Å²) in [5, 5.41) is 1.38. The number of hydrogen-bond acceptors (Lipinski definition) is 5. The smallest absolute Gasteiger partial charge is 0.345 e. The lowest BCUT2D eigenvalue weighted by Gasteiger charge is -2.15. The van der Waals surface area contributed by atoms with Crippen molar-refractivity contribution >= 4 is 72.0 Å². The molecule has 12 heteroatoms. The lowest BCUT2D eigenvalue weighted by Crippen LogP contribution is -2.17. The maximum Gasteiger partial charge on any atom is 0.345 e. The van der Waals surface area contributed by atoms with Gasteiger partial charge in [-0.05, 0) is 62.0 Å². The fourth-order valence-corrected chi connectivity index (χ4v) is 5.46. The Balaban J connectivity index is 2.15. The van der Waals surface area contributed by atoms with E-state index in [0.717, 1.165) is 5.39 Å². The minimum absolute atomic E-state index is 0.120. The second kappa shape index (κ2) is 7.96. The maximum atomic E-state index is 14.1. The van der Waals surface area contributed by atoms with Gasteiger partial charge in [0.1, 0.15) is 15.0 Å². The van der Waals surface area contributed by atoms with Crippen LogP contribution >= 0.6 is 45.2 Å². The normalized spacial score (nSPS) is 11.7. The van der Waals surface area contributed by atoms with Crippen LogP contribution in [0.15, 0.2) is 35.2 Å². The average molecular weight is 651 g/mol. The molecule has 0 bridgehead atoms. The van der Waals surface area contributed by atoms with E-state index < -0.39 is 50.0 Å². The third-order valence-corrected chi connectivity index (χ3v) is 6.60. The first-order valence-electron chi connectivity index (χ1n) is 7.36. The summed E-state index contributed by atoms with van der Waals surface area (Å²) in [7, 11) is -5.87. The zero-order chi connectivity index (χ0) is 21.7. The first kappa shape index (κ1) is 22.2. The average Bonchev–Trinajstić information content (AvgIpc) is 2.62. The third kappa shape index (κ3) is 3.94. The van der Waals surface area contributed by atoms with Crippen molar-refractivity contribution < 1.29 is 40.1 Å². The molecule has 0 spiro atoms. The SMILES string of the molecule is O=C(Oc1c(F)c(F)c(S(=O)(=O)[O-])c(F)c1F)c1c(I)cc2ccccc2c1I. The van der Waals surface area contributed by atoms with E-state index in [-0.39, 0.29) is 5.56 Å². The van der Waals surface area contributed by atoms with Gasteiger partial charge in [-0.25, -0.2) is 22.0 Å². The van der Waals surface area contributed by atoms with Crippen molar-refractivity contribution in [1.29, 1.82) is 0 Å². The number of ether oxygens (including phenoxy) is 1. The predicted molar refractivity (Wildman–Crippen MR) is 109 cm³/mol. The van der Waals surface area contributed by atoms with E-state index in [4.69, 9.17) is 0 Å². The number of halogens is 6. The molecule has 0 fully saturated rings. The standard InChI is InChI=1S/C17H6F4I2O5S/c18-10-12(20)16(29(25,26)27)13(21)11(19)15(10)28-17(24)9-8(22)5-6-3-1-2-4-7(6)14(9)23/h1-5H,(H,25,26,27)/p-1. The van der Waals surface area contributed by atoms with E-state index in [1.807, 2.05) is 0 Å². The zero-order valence-corrected chi connectivity index (χ0v) is 18.7. The van der Waals surface area contributed by atoms with Crippen molar-refractivity contribution in [3.8, 4) is 5.75 Å². The van der Waals surface area contributed by atoms with Gasteiger partial charge in [0.05, 0.1) is 5.56 Å². The number of carbonyl (C=O) groups excluding carboxylic acids is 1. The summed E-state index contributed by atoms with van der Waals surface area (Å²) >= 11 is 3.58. The van der Waals surface area contributed by atoms with Gasteiger partial charge in [0, 0.05) is 7.14 Å². The molecular weight excluding hydrogens is 646 g/mol. The molecule has 0 radical (unpaired) electrons. The van der Waals surface area contributed by atoms with Gasteiger partial charge in [0.2, 0.25) is 17.4 Å². The highest BCUT2D eigenvalue weighted by atomic mass is 127. The third-order valence-electron chi connectivity index (χ3n) is 3.77. The number of esters is 1. The Hall–Kier alpha value is -1.52. The second-order valence-corrected chi connectivity index (χ2v) is 9.08. The number of fused-ring (bicyclic) bond motifs is 1. The van der Waals surface area contributed by atoms with Crippen LogP contribution in [0.3, 0.4) is 0 Å². The van der Waals surface area contributed by atoms with E-state index >= 15 is 0 Å². The monoisotopic (exact) mass is 651 g/mol. The van der Waals surface area contributed by atoms with Crippen LogP contribution < -0.4 is 4.74 Å². The van der Waals surface area contributed by atoms with Crippen LogP contribution in [-0.4, -0.2) is 18.9 Å². The van der Waals surface area contributed by atoms with E-state index in [2.05, 4.69) is 4.74 Å². The number of benzene rings is 3. The van der Waals surface area contributed by atoms with Gasteiger partial charge >= 0.3 is 5.97 Å². The van der Waals surface area contributed by atoms with Gasteiger partial charge in [0.15, 0.2) is 11.6 Å². The topological polar surface area (TPSA) is 83.5 Å². The lowest BCUT2D eigenvalue weighted by molar-refractivity contribution is 0.0714. The second-order valence-electron chi connectivity index (χ2n) is 5.53. The van der Waals surface area contributed by atoms with Crippen LogP contribution in [0, 0.1) is 30.4 Å². The number of hydrogen-bond donors (Lipinski definition) is 0. The van der Waals surface area contributed by atoms with E-state index in [9.17, 15) is 35.3 Å². The van der Waals surface area contributed by atoms with Crippen molar-refractivity contribution in [1.82, 2.24) is 0 Å². The summed E-state index contributed by atoms with van der Waals surface area (Å²) in [6.45, 7) is 0. The molecule has 0 saturated heterocycles. The Morgan fingerprint density at radius 3 is 2.07 bits per heavy atom. The highest BCUT2D eigenvalue weighted by Gasteiger charge is 2.32. The molecule has 0 aliphatic rings. The van der Waals surface area contributed by atoms with Crippen LogP contribution in [0.2, 0.25) is 0 Å². The van der Waals surface area contributed by atoms with Gasteiger partial charge < -0.3 is 9.29 Å². The minimum Gasteiger partial charge on any atom is -0.744 e. The largest absolute Gasteiger partial charge is 0.744 e. The van der Waals surface area contributed by atoms with Crippen LogP contribution in [0.5, 0.6) is 5.75 Å². The number of carbonyl (C=O) groups is 1. The highest BCUT2D eigenvalue weighted by molar-refractivity contribution is 14.1. The molecule has 0 aliphatic carbocycles. The Morgan fingerprint density at radius 1 is 0.966 bits per heavy atom. The predicted octanol–water partition coefficient (Wildman–Crippen LogP) is 4.73. The lowest BCUT2D eigenvalue weighted by atomic mass is 10.1. The molecule has 5 nitrogen and oxygen atoms in total. The summed E-state index contributed by atoms with van der Waals surface area (Å²) in [5.41, 5.74) is -0.120. The fourth-order valence-electron chi connectivity index (χ4n) is 2.50. The quantitative estimate of drug-likeness (QED) is 0.102. The molecule has 29 heavy (non-hydrogen) atoms. The molecule has 0 heterocycles. The molecule has 3 aromatic carbocycles. The first-order valence-corrected chi connectivity index (χ1v) is 10.9. The van der Waals surface area contributed by atoms with Crippen LogP contribution in [0.25, 0.3) is 10.8 Å². The van der Waals surface area contributed by atoms with Crippen LogP contribution in [-0.2, 0) is 10.1 Å². The maximum absolute atomic E-state index is 14.1. The van der Waals surface area contributed by atoms with Crippen LogP contribution in [0.1, 0.15) is 10.4 Å². The summed E-state index contributed by atoms with van der Waals surface area (Å²) < 4.78 is 93.7. The Labute approximate surface area is 188 Å². The Morgan fingerprint density at radius 2 is 1.52 bits per heavy atom. The van der Waals surface area contributed by atoms with E-state index in [0.29, 0.717) is 12.5 Å². The molecule has 3 aromatic rings. The summed E-state index contributed by atoms with van der Waals surface area (Å²) in [6, 6.07) is 8.49. The zero-order valence-electron chi connectivity index (χ0n) is 13.6. The first-order chi connectivity index (χ1) is 13.4. The van der Waals surface area contributed by atoms with Gasteiger partial charge in [0.25, 0.3) is 0 Å². The molecule has 0 aromatic heterocycles. The van der Waals surface area contributed by atoms with Crippen molar-refractivity contribution in [2.45, 2.75) is 4.90 Å². The molecule has 0 unspecified atom stereocenters. The molecule has 3 rings (SSSR count). The van der Waals surface area contributed by atoms with Gasteiger partial charge in [-0.15, -0.1) is 0 Å². The van der Waals surface area contributed by atoms with Gasteiger partial charge in [-0.3, -0.25) is 0 Å². The van der Waals surface area contributed by atoms with Crippen molar-refractivity contribution in [3.05, 3.63) is 66.3 Å². The fraction of sp³-hybridized carbons (Fsp3) is 0. The van der Waals surface area contributed by atoms with Crippen LogP contribution in [0.4, 0.5) is 17.6 Å². The van der Waals surface area contributed by atoms with Crippen molar-refractivity contribution in [3.63, 3.8) is 0 Å². The molecular formula is C17H5F4I2O5S-. The molecule has 0 atom stereocenters. The van der Waals surface area contributed by atoms with Gasteiger partial charge in [-0.1, -0.05) is 24.3 Å². The van der Waals surface area contributed by atoms with Crippen molar-refractivity contribution in [2.24, 2.45) is 0 Å². The molecule has 0 aliphatic heterocycles. The van der Waals surface area contributed by atoms with Crippen molar-refractivity contribution in [2.75, 3.05) is 0 Å². The molecule has 0 saturated carbocycles. The van der Waals surface area contributed by atoms with E-state index in [1.54, 1.807) is 75.5 Å². The summed E-state index contributed by atoms with van der Waals surface area (Å²) in [6.07, 6.45) is 0. The molecule has 0 amide bonds. The molecule has 0 N–H and O–H groups in total. The van der Waals surface area contributed by atoms with E-state index in [1.165, 1.54) is 0 Å². The summed E-state index contributed by atoms with van der Waals surface area (Å²) in [4.78, 5) is 10.2. The Bertz CT molecular complexity index is 1270. The number of rotatable bonds is 3. The highest BCUT2D eigenvalue weighted by Crippen LogP contribution is 2.34. The summed E-state index contributed by atoms with van der Waals surface area (Å²) in [5.74, 6) is -12.7. The molecule has 152 valence electrons. The Kier molecular flexibility index (Phi) is 6.08.